The van der Waals surface area contributed by atoms with Gasteiger partial charge in [-0.1, -0.05) is 43.6 Å². The lowest BCUT2D eigenvalue weighted by atomic mass is 9.59. The molecular formula is C52H60ClN5O6. The lowest BCUT2D eigenvalue weighted by Crippen LogP contribution is -2.53. The number of aliphatic carboxylic acids is 1. The van der Waals surface area contributed by atoms with Gasteiger partial charge in [-0.05, 0) is 154 Å². The molecule has 3 aromatic carbocycles. The van der Waals surface area contributed by atoms with Crippen LogP contribution >= 0.6 is 11.6 Å². The summed E-state index contributed by atoms with van der Waals surface area (Å²) in [7, 11) is 3.75. The summed E-state index contributed by atoms with van der Waals surface area (Å²) in [5.41, 5.74) is 6.10. The van der Waals surface area contributed by atoms with E-state index in [2.05, 4.69) is 48.2 Å². The van der Waals surface area contributed by atoms with Crippen LogP contribution in [-0.4, -0.2) is 76.5 Å². The molecule has 3 heterocycles. The van der Waals surface area contributed by atoms with E-state index in [4.69, 9.17) is 40.5 Å². The molecule has 64 heavy (non-hydrogen) atoms. The molecule has 4 atom stereocenters. The van der Waals surface area contributed by atoms with Crippen molar-refractivity contribution in [3.63, 3.8) is 0 Å². The molecule has 1 spiro atoms. The molecule has 0 unspecified atom stereocenters. The Labute approximate surface area is 381 Å². The van der Waals surface area contributed by atoms with Gasteiger partial charge in [0.1, 0.15) is 23.1 Å². The van der Waals surface area contributed by atoms with Crippen LogP contribution in [0.3, 0.4) is 0 Å². The Morgan fingerprint density at radius 2 is 1.83 bits per heavy atom. The topological polar surface area (TPSA) is 128 Å². The summed E-state index contributed by atoms with van der Waals surface area (Å²) in [6.45, 7) is 7.03. The number of carbonyl (C=O) groups is 1. The number of hydrogen-bond donors (Lipinski definition) is 2. The summed E-state index contributed by atoms with van der Waals surface area (Å²) in [6, 6.07) is 23.6. The number of fused-ring (bicyclic) bond motifs is 4. The Morgan fingerprint density at radius 1 is 1.00 bits per heavy atom. The molecule has 1 saturated carbocycles. The average Bonchev–Trinajstić information content (AvgIpc) is 3.41. The first-order valence-electron chi connectivity index (χ1n) is 23.0. The Bertz CT molecular complexity index is 2470. The van der Waals surface area contributed by atoms with Crippen molar-refractivity contribution < 1.29 is 28.8 Å². The lowest BCUT2D eigenvalue weighted by molar-refractivity contribution is -0.144. The highest BCUT2D eigenvalue weighted by Gasteiger charge is 2.54. The van der Waals surface area contributed by atoms with Gasteiger partial charge in [0, 0.05) is 53.9 Å². The summed E-state index contributed by atoms with van der Waals surface area (Å²) in [5.74, 6) is 4.02. The molecule has 1 aliphatic heterocycles. The Balaban J connectivity index is 0.951. The standard InChI is InChI=1S/C52H60ClN5O6/c1-33(32-63-45-16-23-54-43-13-7-9-34(2)48(43)45)25-36-26-35-27-46-47(29-42(35)51(36)18-20-52(21-19-51,50(59)60)57-38-11-8-10-37(53)28-38)64-40(17-24-62-46)31-58(3)30-39-15-22-55-49(56-39)41-12-5-6-14-44(41)61-4/h5-6,8,10-12,14-16,22-23,27-29,33-34,36,40,57H,7,9,13,17-21,24-26,30-32H2,1-4H3,(H,59,60)/t33-,34-,36+,40+,51?,52?/m1/s1. The van der Waals surface area contributed by atoms with Gasteiger partial charge >= 0.3 is 5.97 Å². The predicted molar refractivity (Wildman–Crippen MR) is 249 cm³/mol. The Morgan fingerprint density at radius 3 is 2.64 bits per heavy atom. The first-order chi connectivity index (χ1) is 31.0. The van der Waals surface area contributed by atoms with Crippen molar-refractivity contribution in [2.75, 3.05) is 39.2 Å². The van der Waals surface area contributed by atoms with E-state index in [9.17, 15) is 9.90 Å². The Hall–Kier alpha value is -5.39. The number of pyridine rings is 1. The number of aryl methyl sites for hydroxylation is 1. The zero-order valence-corrected chi connectivity index (χ0v) is 38.2. The van der Waals surface area contributed by atoms with Crippen LogP contribution in [0.5, 0.6) is 23.0 Å². The van der Waals surface area contributed by atoms with E-state index >= 15 is 0 Å². The normalized spacial score (nSPS) is 24.1. The molecule has 2 N–H and O–H groups in total. The molecule has 0 radical (unpaired) electrons. The van der Waals surface area contributed by atoms with Gasteiger partial charge in [-0.25, -0.2) is 14.8 Å². The molecule has 4 aliphatic rings. The molecule has 0 saturated heterocycles. The molecule has 0 bridgehead atoms. The maximum Gasteiger partial charge on any atom is 0.329 e. The van der Waals surface area contributed by atoms with E-state index in [0.717, 1.165) is 91.3 Å². The van der Waals surface area contributed by atoms with E-state index in [-0.39, 0.29) is 23.4 Å². The Kier molecular flexibility index (Phi) is 12.7. The minimum atomic E-state index is -1.12. The molecule has 12 heteroatoms. The molecule has 2 aromatic heterocycles. The number of hydrogen-bond acceptors (Lipinski definition) is 10. The van der Waals surface area contributed by atoms with Crippen molar-refractivity contribution in [2.24, 2.45) is 11.8 Å². The summed E-state index contributed by atoms with van der Waals surface area (Å²) < 4.78 is 25.6. The largest absolute Gasteiger partial charge is 0.496 e. The average molecular weight is 887 g/mol. The van der Waals surface area contributed by atoms with Crippen LogP contribution in [0.4, 0.5) is 5.69 Å². The first kappa shape index (κ1) is 43.8. The second-order valence-corrected chi connectivity index (χ2v) is 19.2. The van der Waals surface area contributed by atoms with E-state index in [1.54, 1.807) is 25.4 Å². The van der Waals surface area contributed by atoms with E-state index in [1.165, 1.54) is 22.4 Å². The van der Waals surface area contributed by atoms with Gasteiger partial charge in [-0.2, -0.15) is 0 Å². The van der Waals surface area contributed by atoms with Crippen molar-refractivity contribution in [3.05, 3.63) is 118 Å². The molecule has 336 valence electrons. The van der Waals surface area contributed by atoms with Crippen molar-refractivity contribution >= 4 is 23.3 Å². The van der Waals surface area contributed by atoms with Crippen molar-refractivity contribution in [3.8, 4) is 34.4 Å². The molecule has 9 rings (SSSR count). The van der Waals surface area contributed by atoms with Crippen molar-refractivity contribution in [1.82, 2.24) is 19.9 Å². The zero-order chi connectivity index (χ0) is 44.4. The zero-order valence-electron chi connectivity index (χ0n) is 37.4. The highest BCUT2D eigenvalue weighted by atomic mass is 35.5. The summed E-state index contributed by atoms with van der Waals surface area (Å²) >= 11 is 6.36. The van der Waals surface area contributed by atoms with Gasteiger partial charge in [0.2, 0.25) is 0 Å². The molecule has 11 nitrogen and oxygen atoms in total. The quantitative estimate of drug-likeness (QED) is 0.111. The van der Waals surface area contributed by atoms with Gasteiger partial charge in [-0.3, -0.25) is 9.88 Å². The number of methoxy groups -OCH3 is 1. The number of carboxylic acid groups (broad SMARTS) is 1. The number of nitrogens with one attached hydrogen (secondary N) is 1. The van der Waals surface area contributed by atoms with Gasteiger partial charge in [0.05, 0.1) is 31.6 Å². The predicted octanol–water partition coefficient (Wildman–Crippen LogP) is 10.3. The minimum absolute atomic E-state index is 0.111. The third-order valence-electron chi connectivity index (χ3n) is 14.4. The number of carboxylic acids is 1. The molecule has 0 amide bonds. The third kappa shape index (κ3) is 8.98. The number of ether oxygens (including phenoxy) is 4. The van der Waals surface area contributed by atoms with Crippen LogP contribution < -0.4 is 24.3 Å². The molecular weight excluding hydrogens is 826 g/mol. The van der Waals surface area contributed by atoms with Gasteiger partial charge < -0.3 is 29.4 Å². The number of para-hydroxylation sites is 1. The van der Waals surface area contributed by atoms with Crippen molar-refractivity contribution in [1.29, 1.82) is 0 Å². The van der Waals surface area contributed by atoms with Crippen LogP contribution in [0, 0.1) is 11.8 Å². The monoisotopic (exact) mass is 885 g/mol. The smallest absolute Gasteiger partial charge is 0.329 e. The summed E-state index contributed by atoms with van der Waals surface area (Å²) in [4.78, 5) is 29.6. The molecule has 1 fully saturated rings. The fourth-order valence-corrected chi connectivity index (χ4v) is 11.3. The van der Waals surface area contributed by atoms with Gasteiger partial charge in [0.15, 0.2) is 17.3 Å². The number of halogens is 1. The lowest BCUT2D eigenvalue weighted by Gasteiger charge is -2.47. The summed E-state index contributed by atoms with van der Waals surface area (Å²) in [5, 5.41) is 14.8. The highest BCUT2D eigenvalue weighted by Crippen LogP contribution is 2.58. The number of nitrogens with zero attached hydrogens (tertiary/aromatic N) is 4. The fourth-order valence-electron chi connectivity index (χ4n) is 11.1. The second kappa shape index (κ2) is 18.6. The van der Waals surface area contributed by atoms with Crippen LogP contribution in [0.1, 0.15) is 99.2 Å². The maximum absolute atomic E-state index is 13.2. The third-order valence-corrected chi connectivity index (χ3v) is 14.6. The number of likely N-dealkylation sites (N-methyl/N-ethyl adjacent to an activating group) is 1. The van der Waals surface area contributed by atoms with Crippen molar-refractivity contribution in [2.45, 2.75) is 108 Å². The maximum atomic E-state index is 13.2. The van der Waals surface area contributed by atoms with Crippen LogP contribution in [0.25, 0.3) is 11.4 Å². The van der Waals surface area contributed by atoms with Crippen LogP contribution in [0.2, 0.25) is 5.02 Å². The first-order valence-corrected chi connectivity index (χ1v) is 23.4. The SMILES string of the molecule is COc1ccccc1-c1nccc(CN(C)C[C@@H]2CCOc3cc4c(cc3O2)C2(CCC(Nc3cccc(Cl)c3)(C(=O)O)CC2)[C@@H](C[C@@H](C)COc2ccnc3c2[C@H](C)CCC3)C4)n1. The highest BCUT2D eigenvalue weighted by molar-refractivity contribution is 6.30. The minimum Gasteiger partial charge on any atom is -0.496 e. The number of aromatic nitrogens is 3. The molecule has 3 aliphatic carbocycles. The van der Waals surface area contributed by atoms with E-state index in [1.807, 2.05) is 54.7 Å². The number of benzene rings is 3. The number of anilines is 1. The van der Waals surface area contributed by atoms with E-state index in [0.29, 0.717) is 55.9 Å². The van der Waals surface area contributed by atoms with Gasteiger partial charge in [0.25, 0.3) is 0 Å². The van der Waals surface area contributed by atoms with Crippen LogP contribution in [0.15, 0.2) is 85.2 Å². The number of rotatable bonds is 14. The fraction of sp³-hybridized carbons (Fsp3) is 0.462. The van der Waals surface area contributed by atoms with Crippen LogP contribution in [-0.2, 0) is 29.6 Å². The second-order valence-electron chi connectivity index (χ2n) is 18.8. The van der Waals surface area contributed by atoms with E-state index < -0.39 is 11.5 Å². The summed E-state index contributed by atoms with van der Waals surface area (Å²) in [6.07, 6.45) is 11.9. The molecule has 5 aromatic rings. The van der Waals surface area contributed by atoms with Gasteiger partial charge in [-0.15, -0.1) is 0 Å².